The highest BCUT2D eigenvalue weighted by molar-refractivity contribution is 7.98. The van der Waals surface area contributed by atoms with Crippen molar-refractivity contribution >= 4 is 17.7 Å². The quantitative estimate of drug-likeness (QED) is 0.849. The van der Waals surface area contributed by atoms with E-state index in [1.807, 2.05) is 25.1 Å². The van der Waals surface area contributed by atoms with Crippen molar-refractivity contribution in [3.63, 3.8) is 0 Å². The smallest absolute Gasteiger partial charge is 0.339 e. The van der Waals surface area contributed by atoms with Gasteiger partial charge in [0, 0.05) is 4.90 Å². The van der Waals surface area contributed by atoms with E-state index in [0.29, 0.717) is 17.3 Å². The third-order valence-corrected chi connectivity index (χ3v) is 3.59. The van der Waals surface area contributed by atoms with Crippen molar-refractivity contribution in [2.45, 2.75) is 24.5 Å². The Morgan fingerprint density at radius 3 is 2.72 bits per heavy atom. The van der Waals surface area contributed by atoms with Crippen LogP contribution in [0, 0.1) is 13.8 Å². The minimum Gasteiger partial charge on any atom is -0.478 e. The van der Waals surface area contributed by atoms with E-state index in [4.69, 9.17) is 9.52 Å². The topological polar surface area (TPSA) is 50.4 Å². The molecule has 2 aromatic rings. The van der Waals surface area contributed by atoms with Gasteiger partial charge < -0.3 is 9.52 Å². The molecule has 1 heterocycles. The van der Waals surface area contributed by atoms with Gasteiger partial charge >= 0.3 is 5.97 Å². The van der Waals surface area contributed by atoms with Crippen molar-refractivity contribution in [3.8, 4) is 0 Å². The molecule has 94 valence electrons. The van der Waals surface area contributed by atoms with E-state index in [0.717, 1.165) is 4.90 Å². The number of carboxylic acids is 1. The molecule has 1 N–H and O–H groups in total. The average molecular weight is 262 g/mol. The molecule has 0 atom stereocenters. The molecule has 0 amide bonds. The SMILES string of the molecule is Cc1cccc(SCc2cc(C(=O)O)c(C)o2)c1. The van der Waals surface area contributed by atoms with Gasteiger partial charge in [-0.1, -0.05) is 17.7 Å². The van der Waals surface area contributed by atoms with Crippen LogP contribution in [-0.4, -0.2) is 11.1 Å². The van der Waals surface area contributed by atoms with Crippen LogP contribution in [0.4, 0.5) is 0 Å². The lowest BCUT2D eigenvalue weighted by molar-refractivity contribution is 0.0695. The van der Waals surface area contributed by atoms with Crippen LogP contribution >= 0.6 is 11.8 Å². The van der Waals surface area contributed by atoms with E-state index < -0.39 is 5.97 Å². The second-order valence-electron chi connectivity index (χ2n) is 4.09. The third kappa shape index (κ3) is 2.96. The van der Waals surface area contributed by atoms with E-state index in [1.54, 1.807) is 24.8 Å². The van der Waals surface area contributed by atoms with Gasteiger partial charge in [-0.25, -0.2) is 4.79 Å². The van der Waals surface area contributed by atoms with Crippen LogP contribution in [0.1, 0.15) is 27.4 Å². The molecule has 0 aliphatic rings. The van der Waals surface area contributed by atoms with E-state index >= 15 is 0 Å². The minimum absolute atomic E-state index is 0.245. The van der Waals surface area contributed by atoms with Crippen LogP contribution in [-0.2, 0) is 5.75 Å². The van der Waals surface area contributed by atoms with Crippen LogP contribution < -0.4 is 0 Å². The molecule has 4 heteroatoms. The van der Waals surface area contributed by atoms with Gasteiger partial charge in [-0.2, -0.15) is 0 Å². The Labute approximate surface area is 110 Å². The molecule has 1 aromatic heterocycles. The van der Waals surface area contributed by atoms with Crippen molar-refractivity contribution in [1.82, 2.24) is 0 Å². The maximum atomic E-state index is 10.9. The average Bonchev–Trinajstić information content (AvgIpc) is 2.68. The van der Waals surface area contributed by atoms with Crippen LogP contribution in [0.2, 0.25) is 0 Å². The van der Waals surface area contributed by atoms with E-state index in [-0.39, 0.29) is 5.56 Å². The van der Waals surface area contributed by atoms with Crippen LogP contribution in [0.15, 0.2) is 39.6 Å². The molecular weight excluding hydrogens is 248 g/mol. The highest BCUT2D eigenvalue weighted by Crippen LogP contribution is 2.25. The van der Waals surface area contributed by atoms with E-state index in [1.165, 1.54) is 5.56 Å². The molecule has 3 nitrogen and oxygen atoms in total. The first-order valence-electron chi connectivity index (χ1n) is 5.58. The zero-order chi connectivity index (χ0) is 13.1. The number of aromatic carboxylic acids is 1. The summed E-state index contributed by atoms with van der Waals surface area (Å²) in [5.74, 6) is 0.846. The lowest BCUT2D eigenvalue weighted by atomic mass is 10.2. The summed E-state index contributed by atoms with van der Waals surface area (Å²) in [5.41, 5.74) is 1.46. The Bertz CT molecular complexity index is 572. The maximum absolute atomic E-state index is 10.9. The van der Waals surface area contributed by atoms with Crippen molar-refractivity contribution in [2.75, 3.05) is 0 Å². The molecular formula is C14H14O3S. The summed E-state index contributed by atoms with van der Waals surface area (Å²) in [7, 11) is 0. The summed E-state index contributed by atoms with van der Waals surface area (Å²) >= 11 is 1.63. The number of aryl methyl sites for hydroxylation is 2. The molecule has 0 saturated heterocycles. The number of carbonyl (C=O) groups is 1. The molecule has 1 aromatic carbocycles. The summed E-state index contributed by atoms with van der Waals surface area (Å²) in [6.07, 6.45) is 0. The van der Waals surface area contributed by atoms with Crippen LogP contribution in [0.5, 0.6) is 0 Å². The van der Waals surface area contributed by atoms with Crippen molar-refractivity contribution in [1.29, 1.82) is 0 Å². The molecule has 0 spiro atoms. The zero-order valence-corrected chi connectivity index (χ0v) is 11.1. The fourth-order valence-corrected chi connectivity index (χ4v) is 2.58. The Kier molecular flexibility index (Phi) is 3.77. The minimum atomic E-state index is -0.942. The van der Waals surface area contributed by atoms with E-state index in [2.05, 4.69) is 6.07 Å². The summed E-state index contributed by atoms with van der Waals surface area (Å²) in [6, 6.07) is 9.78. The Morgan fingerprint density at radius 1 is 1.33 bits per heavy atom. The lowest BCUT2D eigenvalue weighted by Gasteiger charge is -2.00. The number of furan rings is 1. The number of carboxylic acid groups (broad SMARTS) is 1. The fraction of sp³-hybridized carbons (Fsp3) is 0.214. The second kappa shape index (κ2) is 5.31. The highest BCUT2D eigenvalue weighted by atomic mass is 32.2. The predicted molar refractivity (Wildman–Crippen MR) is 71.1 cm³/mol. The van der Waals surface area contributed by atoms with Gasteiger partial charge in [-0.15, -0.1) is 11.8 Å². The lowest BCUT2D eigenvalue weighted by Crippen LogP contribution is -1.94. The van der Waals surface area contributed by atoms with Crippen molar-refractivity contribution < 1.29 is 14.3 Å². The maximum Gasteiger partial charge on any atom is 0.339 e. The first-order chi connectivity index (χ1) is 8.56. The van der Waals surface area contributed by atoms with Gasteiger partial charge in [0.05, 0.1) is 5.75 Å². The second-order valence-corrected chi connectivity index (χ2v) is 5.14. The third-order valence-electron chi connectivity index (χ3n) is 2.57. The molecule has 0 aliphatic carbocycles. The first kappa shape index (κ1) is 12.8. The number of hydrogen-bond donors (Lipinski definition) is 1. The van der Waals surface area contributed by atoms with Gasteiger partial charge in [0.1, 0.15) is 17.1 Å². The number of rotatable bonds is 4. The number of hydrogen-bond acceptors (Lipinski definition) is 3. The molecule has 0 unspecified atom stereocenters. The normalized spacial score (nSPS) is 10.6. The molecule has 2 rings (SSSR count). The van der Waals surface area contributed by atoms with E-state index in [9.17, 15) is 4.79 Å². The molecule has 0 saturated carbocycles. The van der Waals surface area contributed by atoms with Gasteiger partial charge in [0.25, 0.3) is 0 Å². The Hall–Kier alpha value is -1.68. The summed E-state index contributed by atoms with van der Waals surface area (Å²) in [4.78, 5) is 12.0. The summed E-state index contributed by atoms with van der Waals surface area (Å²) in [5, 5.41) is 8.93. The van der Waals surface area contributed by atoms with Gasteiger partial charge in [0.2, 0.25) is 0 Å². The molecule has 0 fully saturated rings. The summed E-state index contributed by atoms with van der Waals surface area (Å²) in [6.45, 7) is 3.72. The number of thioether (sulfide) groups is 1. The van der Waals surface area contributed by atoms with Gasteiger partial charge in [-0.05, 0) is 32.0 Å². The standard InChI is InChI=1S/C14H14O3S/c1-9-4-3-5-12(6-9)18-8-11-7-13(14(15)16)10(2)17-11/h3-7H,8H2,1-2H3,(H,15,16). The van der Waals surface area contributed by atoms with Crippen LogP contribution in [0.25, 0.3) is 0 Å². The molecule has 0 radical (unpaired) electrons. The first-order valence-corrected chi connectivity index (χ1v) is 6.57. The molecule has 0 aliphatic heterocycles. The predicted octanol–water partition coefficient (Wildman–Crippen LogP) is 3.89. The monoisotopic (exact) mass is 262 g/mol. The van der Waals surface area contributed by atoms with Crippen molar-refractivity contribution in [2.24, 2.45) is 0 Å². The van der Waals surface area contributed by atoms with Crippen LogP contribution in [0.3, 0.4) is 0 Å². The highest BCUT2D eigenvalue weighted by Gasteiger charge is 2.13. The Morgan fingerprint density at radius 2 is 2.11 bits per heavy atom. The molecule has 0 bridgehead atoms. The van der Waals surface area contributed by atoms with Gasteiger partial charge in [-0.3, -0.25) is 0 Å². The zero-order valence-electron chi connectivity index (χ0n) is 10.3. The molecule has 18 heavy (non-hydrogen) atoms. The number of benzene rings is 1. The van der Waals surface area contributed by atoms with Crippen molar-refractivity contribution in [3.05, 3.63) is 53.0 Å². The largest absolute Gasteiger partial charge is 0.478 e. The Balaban J connectivity index is 2.06. The fourth-order valence-electron chi connectivity index (χ4n) is 1.69. The summed E-state index contributed by atoms with van der Waals surface area (Å²) < 4.78 is 5.43. The van der Waals surface area contributed by atoms with Gasteiger partial charge in [0.15, 0.2) is 0 Å².